The van der Waals surface area contributed by atoms with Crippen molar-refractivity contribution < 1.29 is 14.4 Å². The fourth-order valence-corrected chi connectivity index (χ4v) is 1.31. The Morgan fingerprint density at radius 1 is 1.15 bits per heavy atom. The molecule has 1 aromatic carbocycles. The van der Waals surface area contributed by atoms with Crippen molar-refractivity contribution in [3.8, 4) is 0 Å². The highest BCUT2D eigenvalue weighted by molar-refractivity contribution is 6.55. The third-order valence-corrected chi connectivity index (χ3v) is 1.93. The third kappa shape index (κ3) is 0.885. The highest BCUT2D eigenvalue weighted by atomic mass is 16.2. The fourth-order valence-electron chi connectivity index (χ4n) is 1.31. The second-order valence-electron chi connectivity index (χ2n) is 2.63. The fraction of sp³-hybridized carbons (Fsp3) is 0. The standard InChI is InChI=1S/C9H5NO3/c11-5-10-7-4-2-1-3-6(7)8(12)9(10)13/h1-5H. The van der Waals surface area contributed by atoms with E-state index in [1.165, 1.54) is 6.07 Å². The van der Waals surface area contributed by atoms with E-state index in [1.54, 1.807) is 18.2 Å². The largest absolute Gasteiger partial charge is 0.306 e. The van der Waals surface area contributed by atoms with Crippen LogP contribution in [0.25, 0.3) is 0 Å². The van der Waals surface area contributed by atoms with Gasteiger partial charge in [-0.15, -0.1) is 0 Å². The quantitative estimate of drug-likeness (QED) is 0.457. The molecule has 0 atom stereocenters. The number of imide groups is 1. The number of para-hydroxylation sites is 1. The molecule has 0 bridgehead atoms. The van der Waals surface area contributed by atoms with E-state index >= 15 is 0 Å². The Labute approximate surface area is 73.8 Å². The van der Waals surface area contributed by atoms with Gasteiger partial charge in [0.15, 0.2) is 0 Å². The molecule has 0 N–H and O–H groups in total. The lowest BCUT2D eigenvalue weighted by Gasteiger charge is -2.04. The summed E-state index contributed by atoms with van der Waals surface area (Å²) in [7, 11) is 0. The van der Waals surface area contributed by atoms with Crippen LogP contribution in [-0.2, 0) is 9.59 Å². The number of benzene rings is 1. The van der Waals surface area contributed by atoms with Crippen LogP contribution in [-0.4, -0.2) is 18.1 Å². The van der Waals surface area contributed by atoms with Crippen LogP contribution >= 0.6 is 0 Å². The molecule has 0 aromatic heterocycles. The molecule has 0 saturated heterocycles. The zero-order chi connectivity index (χ0) is 9.42. The van der Waals surface area contributed by atoms with E-state index in [9.17, 15) is 14.4 Å². The average Bonchev–Trinajstić information content (AvgIpc) is 2.41. The maximum atomic E-state index is 11.2. The van der Waals surface area contributed by atoms with Crippen LogP contribution in [0.15, 0.2) is 24.3 Å². The van der Waals surface area contributed by atoms with E-state index in [1.807, 2.05) is 0 Å². The summed E-state index contributed by atoms with van der Waals surface area (Å²) in [4.78, 5) is 33.7. The lowest BCUT2D eigenvalue weighted by Crippen LogP contribution is -2.27. The van der Waals surface area contributed by atoms with Gasteiger partial charge in [0.2, 0.25) is 6.41 Å². The van der Waals surface area contributed by atoms with E-state index in [-0.39, 0.29) is 0 Å². The van der Waals surface area contributed by atoms with Crippen LogP contribution in [0.2, 0.25) is 0 Å². The van der Waals surface area contributed by atoms with E-state index in [0.717, 1.165) is 4.90 Å². The first-order chi connectivity index (χ1) is 6.25. The van der Waals surface area contributed by atoms with Crippen molar-refractivity contribution in [1.29, 1.82) is 0 Å². The van der Waals surface area contributed by atoms with Crippen molar-refractivity contribution in [3.05, 3.63) is 29.8 Å². The number of Topliss-reactive ketones (excluding diaryl/α,β-unsaturated/α-hetero) is 1. The van der Waals surface area contributed by atoms with Crippen LogP contribution in [0.1, 0.15) is 10.4 Å². The molecule has 1 aliphatic heterocycles. The summed E-state index contributed by atoms with van der Waals surface area (Å²) in [6, 6.07) is 6.41. The first kappa shape index (κ1) is 7.67. The number of hydrogen-bond acceptors (Lipinski definition) is 3. The molecule has 0 aliphatic carbocycles. The molecule has 4 heteroatoms. The van der Waals surface area contributed by atoms with Gasteiger partial charge in [-0.25, -0.2) is 4.90 Å². The van der Waals surface area contributed by atoms with E-state index in [0.29, 0.717) is 17.7 Å². The van der Waals surface area contributed by atoms with Crippen molar-refractivity contribution >= 4 is 23.8 Å². The maximum Gasteiger partial charge on any atom is 0.306 e. The van der Waals surface area contributed by atoms with E-state index < -0.39 is 11.7 Å². The van der Waals surface area contributed by atoms with Crippen molar-refractivity contribution in [2.24, 2.45) is 0 Å². The van der Waals surface area contributed by atoms with Crippen LogP contribution in [0.3, 0.4) is 0 Å². The zero-order valence-corrected chi connectivity index (χ0v) is 6.56. The van der Waals surface area contributed by atoms with E-state index in [4.69, 9.17) is 0 Å². The lowest BCUT2D eigenvalue weighted by atomic mass is 10.1. The molecule has 0 saturated carbocycles. The van der Waals surface area contributed by atoms with Gasteiger partial charge in [0.05, 0.1) is 11.3 Å². The number of nitrogens with zero attached hydrogens (tertiary/aromatic N) is 1. The molecule has 0 radical (unpaired) electrons. The predicted molar refractivity (Wildman–Crippen MR) is 44.3 cm³/mol. The summed E-state index contributed by atoms with van der Waals surface area (Å²) in [5, 5.41) is 0. The van der Waals surface area contributed by atoms with Gasteiger partial charge in [0.1, 0.15) is 0 Å². The van der Waals surface area contributed by atoms with Gasteiger partial charge in [-0.1, -0.05) is 12.1 Å². The molecule has 64 valence electrons. The topological polar surface area (TPSA) is 54.5 Å². The molecule has 1 aromatic rings. The van der Waals surface area contributed by atoms with Crippen molar-refractivity contribution in [2.45, 2.75) is 0 Å². The molecular weight excluding hydrogens is 170 g/mol. The van der Waals surface area contributed by atoms with Crippen LogP contribution in [0.5, 0.6) is 0 Å². The molecule has 0 spiro atoms. The molecule has 4 nitrogen and oxygen atoms in total. The predicted octanol–water partition coefficient (Wildman–Crippen LogP) is 0.372. The number of fused-ring (bicyclic) bond motifs is 1. The SMILES string of the molecule is O=CN1C(=O)C(=O)c2ccccc21. The molecular formula is C9H5NO3. The number of rotatable bonds is 1. The van der Waals surface area contributed by atoms with Crippen LogP contribution in [0.4, 0.5) is 5.69 Å². The Morgan fingerprint density at radius 3 is 2.54 bits per heavy atom. The Bertz CT molecular complexity index is 411. The van der Waals surface area contributed by atoms with Gasteiger partial charge in [-0.3, -0.25) is 14.4 Å². The molecule has 2 amide bonds. The first-order valence-electron chi connectivity index (χ1n) is 3.68. The summed E-state index contributed by atoms with van der Waals surface area (Å²) < 4.78 is 0. The smallest absolute Gasteiger partial charge is 0.283 e. The monoisotopic (exact) mass is 175 g/mol. The van der Waals surface area contributed by atoms with Crippen molar-refractivity contribution in [1.82, 2.24) is 0 Å². The normalized spacial score (nSPS) is 14.6. The highest BCUT2D eigenvalue weighted by Gasteiger charge is 2.34. The summed E-state index contributed by atoms with van der Waals surface area (Å²) in [5.74, 6) is -1.40. The second kappa shape index (κ2) is 2.52. The number of ketones is 1. The molecule has 2 rings (SSSR count). The highest BCUT2D eigenvalue weighted by Crippen LogP contribution is 2.26. The molecule has 13 heavy (non-hydrogen) atoms. The first-order valence-corrected chi connectivity index (χ1v) is 3.68. The van der Waals surface area contributed by atoms with Gasteiger partial charge in [-0.2, -0.15) is 0 Å². The molecule has 0 fully saturated rings. The minimum Gasteiger partial charge on any atom is -0.283 e. The Hall–Kier alpha value is -1.97. The third-order valence-electron chi connectivity index (χ3n) is 1.93. The molecule has 1 heterocycles. The van der Waals surface area contributed by atoms with Crippen molar-refractivity contribution in [2.75, 3.05) is 4.90 Å². The average molecular weight is 175 g/mol. The number of amides is 2. The Kier molecular flexibility index (Phi) is 1.48. The Morgan fingerprint density at radius 2 is 1.85 bits per heavy atom. The number of anilines is 1. The summed E-state index contributed by atoms with van der Waals surface area (Å²) >= 11 is 0. The van der Waals surface area contributed by atoms with Gasteiger partial charge in [0.25, 0.3) is 5.78 Å². The van der Waals surface area contributed by atoms with Crippen molar-refractivity contribution in [3.63, 3.8) is 0 Å². The van der Waals surface area contributed by atoms with Gasteiger partial charge >= 0.3 is 5.91 Å². The number of carbonyl (C=O) groups is 3. The summed E-state index contributed by atoms with van der Waals surface area (Å²) in [6.45, 7) is 0. The summed E-state index contributed by atoms with van der Waals surface area (Å²) in [5.41, 5.74) is 0.659. The number of hydrogen-bond donors (Lipinski definition) is 0. The van der Waals surface area contributed by atoms with E-state index in [2.05, 4.69) is 0 Å². The van der Waals surface area contributed by atoms with Crippen LogP contribution < -0.4 is 4.90 Å². The maximum absolute atomic E-state index is 11.2. The van der Waals surface area contributed by atoms with Gasteiger partial charge < -0.3 is 0 Å². The van der Waals surface area contributed by atoms with Gasteiger partial charge in [-0.05, 0) is 12.1 Å². The summed E-state index contributed by atoms with van der Waals surface area (Å²) in [6.07, 6.45) is 0.353. The Balaban J connectivity index is 2.66. The zero-order valence-electron chi connectivity index (χ0n) is 6.56. The molecule has 1 aliphatic rings. The minimum absolute atomic E-state index is 0.291. The minimum atomic E-state index is -0.781. The lowest BCUT2D eigenvalue weighted by molar-refractivity contribution is -0.118. The number of carbonyl (C=O) groups excluding carboxylic acids is 3. The van der Waals surface area contributed by atoms with Gasteiger partial charge in [0, 0.05) is 0 Å². The second-order valence-corrected chi connectivity index (χ2v) is 2.63. The molecule has 0 unspecified atom stereocenters. The van der Waals surface area contributed by atoms with Crippen LogP contribution in [0, 0.1) is 0 Å².